The predicted molar refractivity (Wildman–Crippen MR) is 162 cm³/mol. The number of rotatable bonds is 6. The minimum Gasteiger partial charge on any atom is -0.333 e. The molecule has 0 radical (unpaired) electrons. The topological polar surface area (TPSA) is 109 Å². The highest BCUT2D eigenvalue weighted by atomic mass is 16.2. The van der Waals surface area contributed by atoms with E-state index in [-0.39, 0.29) is 36.5 Å². The molecule has 10 heteroatoms. The van der Waals surface area contributed by atoms with Crippen LogP contribution in [-0.2, 0) is 29.1 Å². The van der Waals surface area contributed by atoms with Gasteiger partial charge in [-0.3, -0.25) is 14.4 Å². The van der Waals surface area contributed by atoms with Gasteiger partial charge in [0.1, 0.15) is 12.2 Å². The number of piperazine rings is 1. The van der Waals surface area contributed by atoms with Crippen LogP contribution >= 0.6 is 0 Å². The van der Waals surface area contributed by atoms with Crippen LogP contribution < -0.4 is 10.9 Å². The highest BCUT2D eigenvalue weighted by Crippen LogP contribution is 2.33. The normalized spacial score (nSPS) is 20.8. The zero-order valence-corrected chi connectivity index (χ0v) is 24.1. The Kier molecular flexibility index (Phi) is 7.69. The number of carbonyl (C=O) groups is 3. The fraction of sp³-hybridized carbons (Fsp3) is 0.273. The Morgan fingerprint density at radius 1 is 0.884 bits per heavy atom. The van der Waals surface area contributed by atoms with E-state index < -0.39 is 18.2 Å². The summed E-state index contributed by atoms with van der Waals surface area (Å²) in [5, 5.41) is 7.05. The van der Waals surface area contributed by atoms with Crippen molar-refractivity contribution >= 4 is 28.7 Å². The van der Waals surface area contributed by atoms with Crippen molar-refractivity contribution in [3.8, 4) is 0 Å². The van der Waals surface area contributed by atoms with Crippen LogP contribution in [0.25, 0.3) is 10.9 Å². The second-order valence-electron chi connectivity index (χ2n) is 11.1. The van der Waals surface area contributed by atoms with Gasteiger partial charge in [0.2, 0.25) is 17.4 Å². The van der Waals surface area contributed by atoms with Crippen molar-refractivity contribution in [3.63, 3.8) is 0 Å². The van der Waals surface area contributed by atoms with Crippen molar-refractivity contribution in [2.24, 2.45) is 0 Å². The van der Waals surface area contributed by atoms with Gasteiger partial charge in [-0.1, -0.05) is 78.9 Å². The monoisotopic (exact) mass is 578 g/mol. The molecular weight excluding hydrogens is 544 g/mol. The molecule has 10 nitrogen and oxygen atoms in total. The molecule has 4 amide bonds. The van der Waals surface area contributed by atoms with E-state index in [0.717, 1.165) is 22.1 Å². The van der Waals surface area contributed by atoms with Gasteiger partial charge in [-0.15, -0.1) is 0 Å². The Labute approximate surface area is 249 Å². The number of nitrogens with one attached hydrogen (secondary N) is 2. The predicted octanol–water partition coefficient (Wildman–Crippen LogP) is 3.10. The molecule has 1 unspecified atom stereocenters. The van der Waals surface area contributed by atoms with Crippen molar-refractivity contribution in [3.05, 3.63) is 118 Å². The summed E-state index contributed by atoms with van der Waals surface area (Å²) >= 11 is 0. The number of likely N-dealkylation sites (N-methyl/N-ethyl adjacent to an activating group) is 1. The third kappa shape index (κ3) is 5.49. The van der Waals surface area contributed by atoms with E-state index in [2.05, 4.69) is 10.3 Å². The van der Waals surface area contributed by atoms with Crippen molar-refractivity contribution < 1.29 is 14.4 Å². The summed E-state index contributed by atoms with van der Waals surface area (Å²) in [6.07, 6.45) is -0.441. The first-order chi connectivity index (χ1) is 20.8. The molecule has 2 fully saturated rings. The summed E-state index contributed by atoms with van der Waals surface area (Å²) in [5.41, 5.74) is 3.07. The van der Waals surface area contributed by atoms with Crippen molar-refractivity contribution in [2.75, 3.05) is 13.6 Å². The number of hydrazine groups is 1. The number of amides is 4. The lowest BCUT2D eigenvalue weighted by Gasteiger charge is -2.57. The van der Waals surface area contributed by atoms with Gasteiger partial charge in [0, 0.05) is 32.6 Å². The third-order valence-corrected chi connectivity index (χ3v) is 8.34. The lowest BCUT2D eigenvalue weighted by atomic mass is 9.94. The average Bonchev–Trinajstić information content (AvgIpc) is 3.01. The molecule has 3 heterocycles. The van der Waals surface area contributed by atoms with Gasteiger partial charge in [-0.2, -0.15) is 0 Å². The molecule has 0 bridgehead atoms. The van der Waals surface area contributed by atoms with Gasteiger partial charge in [-0.05, 0) is 35.1 Å². The van der Waals surface area contributed by atoms with Crippen LogP contribution in [0.3, 0.4) is 0 Å². The number of hydrogen-bond acceptors (Lipinski definition) is 5. The third-order valence-electron chi connectivity index (χ3n) is 8.34. The molecule has 220 valence electrons. The van der Waals surface area contributed by atoms with E-state index in [9.17, 15) is 19.2 Å². The highest BCUT2D eigenvalue weighted by Gasteiger charge is 2.54. The first kappa shape index (κ1) is 28.2. The molecule has 43 heavy (non-hydrogen) atoms. The maximum absolute atomic E-state index is 14.3. The van der Waals surface area contributed by atoms with E-state index in [1.165, 1.54) is 6.07 Å². The second kappa shape index (κ2) is 11.7. The van der Waals surface area contributed by atoms with Crippen LogP contribution in [0.4, 0.5) is 4.79 Å². The molecule has 0 saturated carbocycles. The van der Waals surface area contributed by atoms with E-state index in [0.29, 0.717) is 18.5 Å². The summed E-state index contributed by atoms with van der Waals surface area (Å²) in [4.78, 5) is 60.3. The Morgan fingerprint density at radius 3 is 2.30 bits per heavy atom. The Morgan fingerprint density at radius 2 is 1.58 bits per heavy atom. The highest BCUT2D eigenvalue weighted by molar-refractivity contribution is 5.92. The number of fused-ring (bicyclic) bond motifs is 2. The van der Waals surface area contributed by atoms with Gasteiger partial charge in [-0.25, -0.2) is 14.8 Å². The molecule has 6 rings (SSSR count). The molecule has 0 aliphatic carbocycles. The summed E-state index contributed by atoms with van der Waals surface area (Å²) in [6, 6.07) is 26.4. The molecule has 1 aromatic heterocycles. The van der Waals surface area contributed by atoms with Gasteiger partial charge >= 0.3 is 6.03 Å². The quantitative estimate of drug-likeness (QED) is 0.366. The van der Waals surface area contributed by atoms with E-state index in [1.807, 2.05) is 85.8 Å². The number of hydrogen-bond donors (Lipinski definition) is 2. The maximum Gasteiger partial charge on any atom is 0.334 e. The largest absolute Gasteiger partial charge is 0.334 e. The second-order valence-corrected chi connectivity index (χ2v) is 11.1. The smallest absolute Gasteiger partial charge is 0.333 e. The summed E-state index contributed by atoms with van der Waals surface area (Å²) in [7, 11) is 1.71. The zero-order chi connectivity index (χ0) is 30.1. The van der Waals surface area contributed by atoms with Crippen molar-refractivity contribution in [1.82, 2.24) is 30.1 Å². The molecule has 4 aromatic rings. The van der Waals surface area contributed by atoms with Crippen LogP contribution in [0.15, 0.2) is 95.8 Å². The first-order valence-corrected chi connectivity index (χ1v) is 14.4. The number of nitrogens with zero attached hydrogens (tertiary/aromatic N) is 4. The minimum absolute atomic E-state index is 0.0366. The number of carbonyl (C=O) groups excluding carboxylic acids is 3. The Hall–Kier alpha value is -4.96. The number of aromatic amines is 1. The van der Waals surface area contributed by atoms with Crippen LogP contribution in [0.5, 0.6) is 0 Å². The number of benzene rings is 3. The molecular formula is C33H34N6O4. The molecule has 2 saturated heterocycles. The fourth-order valence-corrected chi connectivity index (χ4v) is 6.22. The van der Waals surface area contributed by atoms with Crippen LogP contribution in [0, 0.1) is 0 Å². The zero-order valence-electron chi connectivity index (χ0n) is 24.1. The average molecular weight is 579 g/mol. The lowest BCUT2D eigenvalue weighted by Crippen LogP contribution is -2.78. The van der Waals surface area contributed by atoms with Gasteiger partial charge < -0.3 is 20.1 Å². The molecule has 3 aromatic carbocycles. The van der Waals surface area contributed by atoms with Crippen molar-refractivity contribution in [1.29, 1.82) is 0 Å². The lowest BCUT2D eigenvalue weighted by molar-refractivity contribution is -0.196. The van der Waals surface area contributed by atoms with Crippen LogP contribution in [0.2, 0.25) is 0 Å². The molecule has 2 N–H and O–H groups in total. The van der Waals surface area contributed by atoms with Gasteiger partial charge in [0.15, 0.2) is 0 Å². The van der Waals surface area contributed by atoms with E-state index >= 15 is 0 Å². The van der Waals surface area contributed by atoms with Crippen molar-refractivity contribution in [2.45, 2.75) is 44.7 Å². The van der Waals surface area contributed by atoms with Gasteiger partial charge in [0.05, 0.1) is 18.1 Å². The number of pyridine rings is 1. The summed E-state index contributed by atoms with van der Waals surface area (Å²) in [5.74, 6) is -0.416. The first-order valence-electron chi connectivity index (χ1n) is 14.4. The molecule has 3 atom stereocenters. The van der Waals surface area contributed by atoms with Crippen LogP contribution in [-0.4, -0.2) is 74.5 Å². The molecule has 0 spiro atoms. The molecule has 2 aliphatic heterocycles. The number of para-hydroxylation sites is 1. The number of urea groups is 1. The van der Waals surface area contributed by atoms with Gasteiger partial charge in [0.25, 0.3) is 0 Å². The summed E-state index contributed by atoms with van der Waals surface area (Å²) in [6.45, 7) is 2.35. The SMILES string of the molecule is C[C@H]1C2N(C(=O)CN(C)N2C(=O)NCc2ccccc2)[C@@H](Cc2ccccc2)C(=O)N1Cc1cccc2ccc(=O)[nH]c12. The minimum atomic E-state index is -0.816. The van der Waals surface area contributed by atoms with Crippen LogP contribution in [0.1, 0.15) is 23.6 Å². The fourth-order valence-electron chi connectivity index (χ4n) is 6.22. The Balaban J connectivity index is 1.39. The Bertz CT molecular complexity index is 1710. The maximum atomic E-state index is 14.3. The molecule has 2 aliphatic rings. The number of H-pyrrole nitrogens is 1. The standard InChI is InChI=1S/C33H34N6O4/c1-22-31-38(29(41)21-36(2)39(31)33(43)34-19-24-12-7-4-8-13-24)27(18-23-10-5-3-6-11-23)32(42)37(22)20-26-15-9-14-25-16-17-28(40)35-30(25)26/h3-17,22,27,31H,18-21H2,1-2H3,(H,34,43)(H,35,40)/t22-,27-,31?/m0/s1. The van der Waals surface area contributed by atoms with E-state index in [1.54, 1.807) is 32.9 Å². The summed E-state index contributed by atoms with van der Waals surface area (Å²) < 4.78 is 0. The van der Waals surface area contributed by atoms with E-state index in [4.69, 9.17) is 0 Å². The number of aromatic nitrogens is 1.